The summed E-state index contributed by atoms with van der Waals surface area (Å²) in [6, 6.07) is 10.4. The molecular weight excluding hydrogens is 346 g/mol. The van der Waals surface area contributed by atoms with Gasteiger partial charge in [0.2, 0.25) is 0 Å². The Morgan fingerprint density at radius 2 is 1.92 bits per heavy atom. The Hall–Kier alpha value is -1.62. The minimum absolute atomic E-state index is 0.404. The quantitative estimate of drug-likeness (QED) is 0.894. The molecule has 0 saturated carbocycles. The third-order valence-electron chi connectivity index (χ3n) is 5.98. The van der Waals surface area contributed by atoms with E-state index >= 15 is 0 Å². The number of aromatic nitrogens is 1. The molecule has 1 aromatic heterocycles. The van der Waals surface area contributed by atoms with E-state index in [1.54, 1.807) is 12.4 Å². The standard InChI is InChI=1S/C21H26ClN3O/c1-21(26,15-5-9-23-10-6-15)14-25-19-8-12-24(2)11-7-18(19)17-4-3-16(22)13-20(17)25/h3-6,9-10,13,18-19,26H,7-8,11-12,14H2,1-2H3. The van der Waals surface area contributed by atoms with E-state index in [0.29, 0.717) is 18.5 Å². The first kappa shape index (κ1) is 17.8. The number of fused-ring (bicyclic) bond motifs is 3. The van der Waals surface area contributed by atoms with Gasteiger partial charge in [0.25, 0.3) is 0 Å². The first-order chi connectivity index (χ1) is 12.5. The number of hydrogen-bond donors (Lipinski definition) is 1. The monoisotopic (exact) mass is 371 g/mol. The van der Waals surface area contributed by atoms with Gasteiger partial charge in [-0.25, -0.2) is 0 Å². The van der Waals surface area contributed by atoms with Gasteiger partial charge < -0.3 is 14.9 Å². The Kier molecular flexibility index (Phi) is 4.68. The van der Waals surface area contributed by atoms with Crippen LogP contribution in [0.4, 0.5) is 5.69 Å². The molecule has 1 saturated heterocycles. The molecule has 4 rings (SSSR count). The molecule has 26 heavy (non-hydrogen) atoms. The van der Waals surface area contributed by atoms with Gasteiger partial charge in [0.15, 0.2) is 0 Å². The number of hydrogen-bond acceptors (Lipinski definition) is 4. The summed E-state index contributed by atoms with van der Waals surface area (Å²) in [5.74, 6) is 0.500. The molecule has 1 fully saturated rings. The van der Waals surface area contributed by atoms with Crippen molar-refractivity contribution in [1.82, 2.24) is 9.88 Å². The van der Waals surface area contributed by atoms with E-state index < -0.39 is 5.60 Å². The number of nitrogens with zero attached hydrogens (tertiary/aromatic N) is 3. The lowest BCUT2D eigenvalue weighted by Crippen LogP contribution is -2.44. The highest BCUT2D eigenvalue weighted by atomic mass is 35.5. The fourth-order valence-corrected chi connectivity index (χ4v) is 4.71. The number of likely N-dealkylation sites (tertiary alicyclic amines) is 1. The maximum Gasteiger partial charge on any atom is 0.104 e. The minimum Gasteiger partial charge on any atom is -0.384 e. The second-order valence-electron chi connectivity index (χ2n) is 7.90. The molecule has 5 heteroatoms. The van der Waals surface area contributed by atoms with Gasteiger partial charge in [0.05, 0.1) is 6.54 Å². The summed E-state index contributed by atoms with van der Waals surface area (Å²) < 4.78 is 0. The van der Waals surface area contributed by atoms with Crippen molar-refractivity contribution in [1.29, 1.82) is 0 Å². The average Bonchev–Trinajstić information content (AvgIpc) is 2.76. The highest BCUT2D eigenvalue weighted by Gasteiger charge is 2.42. The second kappa shape index (κ2) is 6.84. The number of pyridine rings is 1. The van der Waals surface area contributed by atoms with E-state index in [9.17, 15) is 5.11 Å². The van der Waals surface area contributed by atoms with Crippen molar-refractivity contribution in [3.05, 3.63) is 58.9 Å². The zero-order chi connectivity index (χ0) is 18.3. The molecule has 1 N–H and O–H groups in total. The molecule has 3 unspecified atom stereocenters. The van der Waals surface area contributed by atoms with Crippen LogP contribution in [0.5, 0.6) is 0 Å². The van der Waals surface area contributed by atoms with Crippen LogP contribution in [-0.2, 0) is 5.60 Å². The number of benzene rings is 1. The summed E-state index contributed by atoms with van der Waals surface area (Å²) in [4.78, 5) is 8.88. The van der Waals surface area contributed by atoms with Crippen LogP contribution in [0.3, 0.4) is 0 Å². The lowest BCUT2D eigenvalue weighted by atomic mass is 9.90. The number of halogens is 1. The zero-order valence-electron chi connectivity index (χ0n) is 15.4. The third-order valence-corrected chi connectivity index (χ3v) is 6.21. The van der Waals surface area contributed by atoms with Crippen molar-refractivity contribution in [2.24, 2.45) is 0 Å². The lowest BCUT2D eigenvalue weighted by Gasteiger charge is -2.36. The molecule has 0 amide bonds. The predicted molar refractivity (Wildman–Crippen MR) is 106 cm³/mol. The number of β-amino-alcohol motifs (C(OH)–C–C–N with tert-alkyl or cyclic N) is 1. The van der Waals surface area contributed by atoms with Crippen molar-refractivity contribution in [2.75, 3.05) is 31.6 Å². The molecule has 0 spiro atoms. The van der Waals surface area contributed by atoms with Crippen LogP contribution < -0.4 is 4.90 Å². The minimum atomic E-state index is -0.949. The summed E-state index contributed by atoms with van der Waals surface area (Å²) in [6.07, 6.45) is 5.72. The normalized spacial score (nSPS) is 25.3. The van der Waals surface area contributed by atoms with E-state index in [0.717, 1.165) is 36.5 Å². The van der Waals surface area contributed by atoms with E-state index in [2.05, 4.69) is 34.0 Å². The van der Waals surface area contributed by atoms with Crippen molar-refractivity contribution in [2.45, 2.75) is 37.3 Å². The Morgan fingerprint density at radius 1 is 1.19 bits per heavy atom. The fraction of sp³-hybridized carbons (Fsp3) is 0.476. The van der Waals surface area contributed by atoms with Gasteiger partial charge >= 0.3 is 0 Å². The SMILES string of the molecule is CN1CCC2c3ccc(Cl)cc3N(CC(C)(O)c3ccncc3)C2CC1. The van der Waals surface area contributed by atoms with Gasteiger partial charge in [-0.1, -0.05) is 17.7 Å². The molecular formula is C21H26ClN3O. The Morgan fingerprint density at radius 3 is 2.69 bits per heavy atom. The summed E-state index contributed by atoms with van der Waals surface area (Å²) in [6.45, 7) is 4.63. The van der Waals surface area contributed by atoms with Gasteiger partial charge in [-0.15, -0.1) is 0 Å². The number of anilines is 1. The molecule has 2 aliphatic rings. The number of aliphatic hydroxyl groups is 1. The van der Waals surface area contributed by atoms with Crippen molar-refractivity contribution in [3.8, 4) is 0 Å². The first-order valence-electron chi connectivity index (χ1n) is 9.33. The molecule has 1 aromatic carbocycles. The molecule has 4 nitrogen and oxygen atoms in total. The molecule has 0 bridgehead atoms. The van der Waals surface area contributed by atoms with E-state index in [-0.39, 0.29) is 0 Å². The largest absolute Gasteiger partial charge is 0.384 e. The van der Waals surface area contributed by atoms with Crippen LogP contribution >= 0.6 is 11.6 Å². The third kappa shape index (κ3) is 3.22. The summed E-state index contributed by atoms with van der Waals surface area (Å²) in [7, 11) is 2.20. The molecule has 138 valence electrons. The molecule has 0 radical (unpaired) electrons. The topological polar surface area (TPSA) is 39.6 Å². The van der Waals surface area contributed by atoms with Crippen LogP contribution in [0.15, 0.2) is 42.7 Å². The summed E-state index contributed by atoms with van der Waals surface area (Å²) in [5.41, 5.74) is 2.51. The molecule has 3 atom stereocenters. The Balaban J connectivity index is 1.70. The van der Waals surface area contributed by atoms with Gasteiger partial charge in [0.1, 0.15) is 5.60 Å². The molecule has 2 aromatic rings. The van der Waals surface area contributed by atoms with Gasteiger partial charge in [-0.2, -0.15) is 0 Å². The van der Waals surface area contributed by atoms with Gasteiger partial charge in [-0.05, 0) is 75.3 Å². The predicted octanol–water partition coefficient (Wildman–Crippen LogP) is 3.64. The van der Waals surface area contributed by atoms with E-state index in [4.69, 9.17) is 11.6 Å². The van der Waals surface area contributed by atoms with E-state index in [1.165, 1.54) is 11.3 Å². The highest BCUT2D eigenvalue weighted by molar-refractivity contribution is 6.30. The maximum absolute atomic E-state index is 11.2. The van der Waals surface area contributed by atoms with Gasteiger partial charge in [0, 0.05) is 35.1 Å². The van der Waals surface area contributed by atoms with Crippen molar-refractivity contribution >= 4 is 17.3 Å². The lowest BCUT2D eigenvalue weighted by molar-refractivity contribution is 0.0622. The number of rotatable bonds is 3. The summed E-state index contributed by atoms with van der Waals surface area (Å²) >= 11 is 6.32. The van der Waals surface area contributed by atoms with E-state index in [1.807, 2.05) is 25.1 Å². The Bertz CT molecular complexity index is 780. The maximum atomic E-state index is 11.2. The molecule has 3 heterocycles. The first-order valence-corrected chi connectivity index (χ1v) is 9.71. The molecule has 0 aliphatic carbocycles. The Labute approximate surface area is 160 Å². The van der Waals surface area contributed by atoms with Crippen LogP contribution in [0.25, 0.3) is 0 Å². The van der Waals surface area contributed by atoms with Crippen molar-refractivity contribution < 1.29 is 5.11 Å². The second-order valence-corrected chi connectivity index (χ2v) is 8.33. The molecule has 2 aliphatic heterocycles. The van der Waals surface area contributed by atoms with Crippen LogP contribution in [0.2, 0.25) is 5.02 Å². The highest BCUT2D eigenvalue weighted by Crippen LogP contribution is 2.47. The van der Waals surface area contributed by atoms with Gasteiger partial charge in [-0.3, -0.25) is 4.98 Å². The average molecular weight is 372 g/mol. The zero-order valence-corrected chi connectivity index (χ0v) is 16.2. The van der Waals surface area contributed by atoms with Crippen LogP contribution in [0.1, 0.15) is 36.8 Å². The van der Waals surface area contributed by atoms with Crippen LogP contribution in [-0.4, -0.2) is 47.7 Å². The smallest absolute Gasteiger partial charge is 0.104 e. The fourth-order valence-electron chi connectivity index (χ4n) is 4.55. The van der Waals surface area contributed by atoms with Crippen LogP contribution in [0, 0.1) is 0 Å². The summed E-state index contributed by atoms with van der Waals surface area (Å²) in [5, 5.41) is 12.0. The van der Waals surface area contributed by atoms with Crippen molar-refractivity contribution in [3.63, 3.8) is 0 Å².